The van der Waals surface area contributed by atoms with E-state index in [4.69, 9.17) is 4.74 Å². The number of nitrogens with zero attached hydrogens (tertiary/aromatic N) is 3. The van der Waals surface area contributed by atoms with E-state index in [1.54, 1.807) is 24.7 Å². The fourth-order valence-corrected chi connectivity index (χ4v) is 6.20. The topological polar surface area (TPSA) is 96.4 Å². The first kappa shape index (κ1) is 29.7. The molecule has 2 aliphatic rings. The summed E-state index contributed by atoms with van der Waals surface area (Å²) < 4.78 is 34.4. The molecule has 4 atom stereocenters. The number of pyridine rings is 2. The molecule has 1 saturated carbocycles. The SMILES string of the molecule is C[C@@H]1CC(NC(=O)OC(C)(C)C)C[C@H](c2ccncc2NC(=O)c2ccc(F)c3cc(N4CCC[C@@H](F)C4)cnc23)C1. The van der Waals surface area contributed by atoms with E-state index in [1.807, 2.05) is 31.7 Å². The average Bonchev–Trinajstić information content (AvgIpc) is 2.92. The molecular weight excluding hydrogens is 540 g/mol. The molecule has 1 aliphatic carbocycles. The third kappa shape index (κ3) is 6.97. The van der Waals surface area contributed by atoms with E-state index in [0.717, 1.165) is 24.8 Å². The fraction of sp³-hybridized carbons (Fsp3) is 0.500. The molecule has 1 saturated heterocycles. The summed E-state index contributed by atoms with van der Waals surface area (Å²) in [5.41, 5.74) is 2.01. The van der Waals surface area contributed by atoms with Crippen LogP contribution >= 0.6 is 0 Å². The molecule has 1 aromatic carbocycles. The van der Waals surface area contributed by atoms with Gasteiger partial charge in [-0.3, -0.25) is 14.8 Å². The molecule has 42 heavy (non-hydrogen) atoms. The number of nitrogens with one attached hydrogen (secondary N) is 2. The number of halogens is 2. The number of benzene rings is 1. The maximum atomic E-state index is 14.9. The van der Waals surface area contributed by atoms with Crippen molar-refractivity contribution in [3.05, 3.63) is 59.8 Å². The van der Waals surface area contributed by atoms with Crippen molar-refractivity contribution in [3.63, 3.8) is 0 Å². The van der Waals surface area contributed by atoms with Crippen molar-refractivity contribution in [2.45, 2.75) is 83.5 Å². The minimum absolute atomic E-state index is 0.0708. The molecule has 2 N–H and O–H groups in total. The number of piperidine rings is 1. The molecule has 1 aliphatic heterocycles. The molecule has 3 aromatic rings. The summed E-state index contributed by atoms with van der Waals surface area (Å²) in [6, 6.07) is 6.15. The molecule has 224 valence electrons. The van der Waals surface area contributed by atoms with Gasteiger partial charge in [-0.15, -0.1) is 0 Å². The minimum atomic E-state index is -0.930. The number of alkyl carbamates (subject to hydrolysis) is 1. The Hall–Kier alpha value is -3.82. The molecular formula is C32H39F2N5O3. The predicted molar refractivity (Wildman–Crippen MR) is 159 cm³/mol. The fourth-order valence-electron chi connectivity index (χ4n) is 6.20. The highest BCUT2D eigenvalue weighted by atomic mass is 19.1. The van der Waals surface area contributed by atoms with Crippen molar-refractivity contribution in [3.8, 4) is 0 Å². The van der Waals surface area contributed by atoms with Gasteiger partial charge >= 0.3 is 6.09 Å². The van der Waals surface area contributed by atoms with E-state index in [2.05, 4.69) is 27.5 Å². The average molecular weight is 580 g/mol. The van der Waals surface area contributed by atoms with Crippen LogP contribution in [0.5, 0.6) is 0 Å². The third-order valence-electron chi connectivity index (χ3n) is 7.96. The van der Waals surface area contributed by atoms with Crippen molar-refractivity contribution in [1.82, 2.24) is 15.3 Å². The second kappa shape index (κ2) is 12.2. The number of hydrogen-bond acceptors (Lipinski definition) is 6. The van der Waals surface area contributed by atoms with E-state index in [9.17, 15) is 18.4 Å². The summed E-state index contributed by atoms with van der Waals surface area (Å²) in [6.45, 7) is 8.56. The first-order valence-corrected chi connectivity index (χ1v) is 14.7. The van der Waals surface area contributed by atoms with Gasteiger partial charge in [0.25, 0.3) is 5.91 Å². The van der Waals surface area contributed by atoms with E-state index in [1.165, 1.54) is 12.1 Å². The molecule has 1 unspecified atom stereocenters. The van der Waals surface area contributed by atoms with Crippen LogP contribution in [0.1, 0.15) is 81.6 Å². The van der Waals surface area contributed by atoms with Crippen LogP contribution in [0.2, 0.25) is 0 Å². The molecule has 3 heterocycles. The number of aromatic nitrogens is 2. The first-order valence-electron chi connectivity index (χ1n) is 14.7. The zero-order valence-electron chi connectivity index (χ0n) is 24.6. The summed E-state index contributed by atoms with van der Waals surface area (Å²) in [7, 11) is 0. The van der Waals surface area contributed by atoms with Crippen LogP contribution in [0.25, 0.3) is 10.9 Å². The standard InChI is InChI=1S/C32H39F2N5O3/c1-19-12-20(14-22(13-19)37-31(41)42-32(2,3)4)24-9-10-35-17-28(24)38-30(40)25-7-8-27(34)26-15-23(16-36-29(25)26)39-11-5-6-21(33)18-39/h7-10,15-17,19-22H,5-6,11-14,18H2,1-4H3,(H,37,41)(H,38,40)/t19-,20+,21+,22?/m0/s1. The van der Waals surface area contributed by atoms with Gasteiger partial charge in [0, 0.05) is 30.7 Å². The number of alkyl halides is 1. The number of carbonyl (C=O) groups is 2. The lowest BCUT2D eigenvalue weighted by atomic mass is 9.76. The van der Waals surface area contributed by atoms with Crippen molar-refractivity contribution in [2.75, 3.05) is 23.3 Å². The monoisotopic (exact) mass is 579 g/mol. The summed E-state index contributed by atoms with van der Waals surface area (Å²) in [5.74, 6) is -0.510. The number of rotatable bonds is 5. The van der Waals surface area contributed by atoms with Gasteiger partial charge in [-0.05, 0) is 94.5 Å². The Balaban J connectivity index is 1.36. The molecule has 2 fully saturated rings. The lowest BCUT2D eigenvalue weighted by Crippen LogP contribution is -2.42. The van der Waals surface area contributed by atoms with Crippen molar-refractivity contribution in [1.29, 1.82) is 0 Å². The number of fused-ring (bicyclic) bond motifs is 1. The highest BCUT2D eigenvalue weighted by Gasteiger charge is 2.31. The summed E-state index contributed by atoms with van der Waals surface area (Å²) in [5, 5.41) is 6.21. The molecule has 2 aromatic heterocycles. The Bertz CT molecular complexity index is 1460. The molecule has 0 spiro atoms. The van der Waals surface area contributed by atoms with Crippen LogP contribution < -0.4 is 15.5 Å². The Morgan fingerprint density at radius 3 is 2.69 bits per heavy atom. The van der Waals surface area contributed by atoms with Crippen LogP contribution in [-0.2, 0) is 4.74 Å². The van der Waals surface area contributed by atoms with Gasteiger partial charge in [-0.25, -0.2) is 13.6 Å². The van der Waals surface area contributed by atoms with Crippen LogP contribution in [0, 0.1) is 11.7 Å². The zero-order chi connectivity index (χ0) is 30.0. The molecule has 0 radical (unpaired) electrons. The van der Waals surface area contributed by atoms with Crippen LogP contribution in [0.3, 0.4) is 0 Å². The van der Waals surface area contributed by atoms with Crippen LogP contribution in [0.15, 0.2) is 42.9 Å². The van der Waals surface area contributed by atoms with E-state index < -0.39 is 29.6 Å². The summed E-state index contributed by atoms with van der Waals surface area (Å²) >= 11 is 0. The maximum Gasteiger partial charge on any atom is 0.407 e. The number of ether oxygens (including phenoxy) is 1. The van der Waals surface area contributed by atoms with Crippen molar-refractivity contribution in [2.24, 2.45) is 5.92 Å². The lowest BCUT2D eigenvalue weighted by molar-refractivity contribution is 0.0482. The minimum Gasteiger partial charge on any atom is -0.444 e. The van der Waals surface area contributed by atoms with Crippen LogP contribution in [0.4, 0.5) is 25.0 Å². The van der Waals surface area contributed by atoms with E-state index >= 15 is 0 Å². The van der Waals surface area contributed by atoms with Crippen LogP contribution in [-0.4, -0.2) is 52.9 Å². The maximum absolute atomic E-state index is 14.9. The second-order valence-electron chi connectivity index (χ2n) is 12.6. The largest absolute Gasteiger partial charge is 0.444 e. The first-order chi connectivity index (χ1) is 20.0. The summed E-state index contributed by atoms with van der Waals surface area (Å²) in [6.07, 6.45) is 7.17. The molecule has 10 heteroatoms. The Kier molecular flexibility index (Phi) is 8.61. The Labute approximate surface area is 245 Å². The van der Waals surface area contributed by atoms with Crippen molar-refractivity contribution < 1.29 is 23.1 Å². The smallest absolute Gasteiger partial charge is 0.407 e. The molecule has 0 bridgehead atoms. The normalized spacial score (nSPS) is 23.0. The van der Waals surface area contributed by atoms with Gasteiger partial charge in [0.15, 0.2) is 0 Å². The highest BCUT2D eigenvalue weighted by molar-refractivity contribution is 6.12. The Morgan fingerprint density at radius 1 is 1.12 bits per heavy atom. The van der Waals surface area contributed by atoms with Crippen molar-refractivity contribution >= 4 is 34.3 Å². The number of amides is 2. The van der Waals surface area contributed by atoms with Gasteiger partial charge in [0.05, 0.1) is 34.8 Å². The molecule has 2 amide bonds. The number of carbonyl (C=O) groups excluding carboxylic acids is 2. The number of anilines is 2. The zero-order valence-corrected chi connectivity index (χ0v) is 24.6. The second-order valence-corrected chi connectivity index (χ2v) is 12.6. The van der Waals surface area contributed by atoms with E-state index in [0.29, 0.717) is 36.7 Å². The van der Waals surface area contributed by atoms with E-state index in [-0.39, 0.29) is 35.0 Å². The van der Waals surface area contributed by atoms with Gasteiger partial charge in [-0.1, -0.05) is 6.92 Å². The third-order valence-corrected chi connectivity index (χ3v) is 7.96. The highest BCUT2D eigenvalue weighted by Crippen LogP contribution is 2.39. The predicted octanol–water partition coefficient (Wildman–Crippen LogP) is 6.76. The molecule has 8 nitrogen and oxygen atoms in total. The lowest BCUT2D eigenvalue weighted by Gasteiger charge is -2.35. The molecule has 5 rings (SSSR count). The number of hydrogen-bond donors (Lipinski definition) is 2. The van der Waals surface area contributed by atoms with Gasteiger partial charge < -0.3 is 20.3 Å². The quantitative estimate of drug-likeness (QED) is 0.347. The summed E-state index contributed by atoms with van der Waals surface area (Å²) in [4.78, 5) is 36.6. The van der Waals surface area contributed by atoms with Gasteiger partial charge in [0.1, 0.15) is 17.6 Å². The van der Waals surface area contributed by atoms with Gasteiger partial charge in [-0.2, -0.15) is 0 Å². The Morgan fingerprint density at radius 2 is 1.93 bits per heavy atom. The van der Waals surface area contributed by atoms with Gasteiger partial charge in [0.2, 0.25) is 0 Å².